The lowest BCUT2D eigenvalue weighted by molar-refractivity contribution is -0.0865. The number of rotatable bonds is 3. The Morgan fingerprint density at radius 3 is 3.05 bits per heavy atom. The summed E-state index contributed by atoms with van der Waals surface area (Å²) in [6.45, 7) is 3.06. The fourth-order valence-electron chi connectivity index (χ4n) is 3.38. The SMILES string of the molecule is CCc1nn(C)cc1NC1CCOC2(CCSCC2)C1. The lowest BCUT2D eigenvalue weighted by Gasteiger charge is -2.43. The molecule has 3 rings (SSSR count). The molecule has 1 aromatic heterocycles. The van der Waals surface area contributed by atoms with Crippen molar-refractivity contribution in [3.63, 3.8) is 0 Å². The largest absolute Gasteiger partial charge is 0.379 e. The van der Waals surface area contributed by atoms with Crippen molar-refractivity contribution in [2.45, 2.75) is 50.7 Å². The standard InChI is InChI=1S/C15H25N3OS/c1-3-13-14(11-18(2)17-13)16-12-4-7-19-15(10-12)5-8-20-9-6-15/h11-12,16H,3-10H2,1-2H3. The molecule has 5 heteroatoms. The molecule has 0 aliphatic carbocycles. The molecule has 0 aromatic carbocycles. The first-order chi connectivity index (χ1) is 9.71. The molecule has 1 atom stereocenters. The van der Waals surface area contributed by atoms with Crippen LogP contribution in [-0.4, -0.2) is 39.5 Å². The van der Waals surface area contributed by atoms with Crippen molar-refractivity contribution < 1.29 is 4.74 Å². The summed E-state index contributed by atoms with van der Waals surface area (Å²) in [6.07, 6.45) is 7.76. The maximum Gasteiger partial charge on any atom is 0.0853 e. The van der Waals surface area contributed by atoms with E-state index in [0.717, 1.165) is 25.9 Å². The van der Waals surface area contributed by atoms with Gasteiger partial charge in [-0.3, -0.25) is 4.68 Å². The number of aryl methyl sites for hydroxylation is 2. The van der Waals surface area contributed by atoms with Crippen molar-refractivity contribution in [2.75, 3.05) is 23.4 Å². The zero-order chi connectivity index (χ0) is 14.0. The Balaban J connectivity index is 1.67. The smallest absolute Gasteiger partial charge is 0.0853 e. The zero-order valence-corrected chi connectivity index (χ0v) is 13.3. The van der Waals surface area contributed by atoms with Gasteiger partial charge >= 0.3 is 0 Å². The van der Waals surface area contributed by atoms with Crippen LogP contribution in [-0.2, 0) is 18.2 Å². The Kier molecular flexibility index (Phi) is 4.26. The third-order valence-corrected chi connectivity index (χ3v) is 5.48. The van der Waals surface area contributed by atoms with Crippen LogP contribution in [0.2, 0.25) is 0 Å². The number of anilines is 1. The van der Waals surface area contributed by atoms with Crippen molar-refractivity contribution in [1.29, 1.82) is 0 Å². The first-order valence-corrected chi connectivity index (χ1v) is 8.87. The lowest BCUT2D eigenvalue weighted by Crippen LogP contribution is -2.46. The van der Waals surface area contributed by atoms with Gasteiger partial charge in [0.15, 0.2) is 0 Å². The van der Waals surface area contributed by atoms with E-state index in [1.165, 1.54) is 35.7 Å². The minimum absolute atomic E-state index is 0.149. The molecule has 1 N–H and O–H groups in total. The predicted octanol–water partition coefficient (Wildman–Crippen LogP) is 2.84. The van der Waals surface area contributed by atoms with Crippen molar-refractivity contribution in [2.24, 2.45) is 7.05 Å². The summed E-state index contributed by atoms with van der Waals surface area (Å²) in [5.74, 6) is 2.50. The summed E-state index contributed by atoms with van der Waals surface area (Å²) >= 11 is 2.06. The maximum absolute atomic E-state index is 6.16. The van der Waals surface area contributed by atoms with E-state index in [9.17, 15) is 0 Å². The quantitative estimate of drug-likeness (QED) is 0.931. The van der Waals surface area contributed by atoms with Gasteiger partial charge in [-0.2, -0.15) is 16.9 Å². The minimum Gasteiger partial charge on any atom is -0.379 e. The highest BCUT2D eigenvalue weighted by Crippen LogP contribution is 2.38. The van der Waals surface area contributed by atoms with Gasteiger partial charge in [-0.25, -0.2) is 0 Å². The van der Waals surface area contributed by atoms with E-state index in [1.807, 2.05) is 11.7 Å². The van der Waals surface area contributed by atoms with Crippen LogP contribution in [0.15, 0.2) is 6.20 Å². The molecule has 1 aromatic rings. The lowest BCUT2D eigenvalue weighted by atomic mass is 9.85. The van der Waals surface area contributed by atoms with Crippen LogP contribution in [0.4, 0.5) is 5.69 Å². The summed E-state index contributed by atoms with van der Waals surface area (Å²) in [5.41, 5.74) is 2.53. The van der Waals surface area contributed by atoms with Crippen molar-refractivity contribution in [3.8, 4) is 0 Å². The molecule has 0 radical (unpaired) electrons. The number of hydrogen-bond acceptors (Lipinski definition) is 4. The molecule has 0 saturated carbocycles. The fourth-order valence-corrected chi connectivity index (χ4v) is 4.62. The van der Waals surface area contributed by atoms with Crippen molar-refractivity contribution >= 4 is 17.4 Å². The molecule has 3 heterocycles. The molecule has 4 nitrogen and oxygen atoms in total. The third-order valence-electron chi connectivity index (χ3n) is 4.50. The van der Waals surface area contributed by atoms with Crippen LogP contribution in [0, 0.1) is 0 Å². The highest BCUT2D eigenvalue weighted by atomic mass is 32.2. The van der Waals surface area contributed by atoms with Gasteiger partial charge in [-0.1, -0.05) is 6.92 Å². The second-order valence-electron chi connectivity index (χ2n) is 5.99. The van der Waals surface area contributed by atoms with Gasteiger partial charge < -0.3 is 10.1 Å². The van der Waals surface area contributed by atoms with Crippen molar-refractivity contribution in [1.82, 2.24) is 9.78 Å². The first kappa shape index (κ1) is 14.3. The number of hydrogen-bond donors (Lipinski definition) is 1. The number of nitrogens with one attached hydrogen (secondary N) is 1. The van der Waals surface area contributed by atoms with Gasteiger partial charge in [-0.15, -0.1) is 0 Å². The number of aromatic nitrogens is 2. The summed E-state index contributed by atoms with van der Waals surface area (Å²) in [4.78, 5) is 0. The van der Waals surface area contributed by atoms with Gasteiger partial charge in [0.05, 0.1) is 17.0 Å². The molecule has 1 spiro atoms. The monoisotopic (exact) mass is 295 g/mol. The average molecular weight is 295 g/mol. The first-order valence-electron chi connectivity index (χ1n) is 7.71. The van der Waals surface area contributed by atoms with Crippen LogP contribution < -0.4 is 5.32 Å². The molecule has 2 aliphatic heterocycles. The van der Waals surface area contributed by atoms with Gasteiger partial charge in [0, 0.05) is 25.9 Å². The van der Waals surface area contributed by atoms with Gasteiger partial charge in [0.25, 0.3) is 0 Å². The Labute approximate surface area is 125 Å². The topological polar surface area (TPSA) is 39.1 Å². The average Bonchev–Trinajstić information content (AvgIpc) is 2.80. The van der Waals surface area contributed by atoms with E-state index in [4.69, 9.17) is 4.74 Å². The van der Waals surface area contributed by atoms with E-state index in [-0.39, 0.29) is 5.60 Å². The van der Waals surface area contributed by atoms with Crippen LogP contribution in [0.1, 0.15) is 38.3 Å². The van der Waals surface area contributed by atoms with E-state index in [0.29, 0.717) is 6.04 Å². The second-order valence-corrected chi connectivity index (χ2v) is 7.22. The molecule has 1 unspecified atom stereocenters. The van der Waals surface area contributed by atoms with Gasteiger partial charge in [-0.05, 0) is 43.6 Å². The van der Waals surface area contributed by atoms with Crippen LogP contribution in [0.3, 0.4) is 0 Å². The normalized spacial score (nSPS) is 25.8. The maximum atomic E-state index is 6.16. The molecular weight excluding hydrogens is 270 g/mol. The highest BCUT2D eigenvalue weighted by molar-refractivity contribution is 7.99. The molecule has 2 aliphatic rings. The summed E-state index contributed by atoms with van der Waals surface area (Å²) in [6, 6.07) is 0.529. The van der Waals surface area contributed by atoms with Gasteiger partial charge in [0.1, 0.15) is 0 Å². The van der Waals surface area contributed by atoms with E-state index < -0.39 is 0 Å². The second kappa shape index (κ2) is 5.98. The summed E-state index contributed by atoms with van der Waals surface area (Å²) < 4.78 is 8.07. The van der Waals surface area contributed by atoms with E-state index >= 15 is 0 Å². The molecule has 2 saturated heterocycles. The van der Waals surface area contributed by atoms with Crippen LogP contribution in [0.25, 0.3) is 0 Å². The van der Waals surface area contributed by atoms with Gasteiger partial charge in [0.2, 0.25) is 0 Å². The minimum atomic E-state index is 0.149. The predicted molar refractivity (Wildman–Crippen MR) is 84.5 cm³/mol. The Morgan fingerprint density at radius 2 is 2.30 bits per heavy atom. The molecule has 112 valence electrons. The zero-order valence-electron chi connectivity index (χ0n) is 12.5. The third kappa shape index (κ3) is 2.98. The summed E-state index contributed by atoms with van der Waals surface area (Å²) in [5, 5.41) is 8.24. The number of ether oxygens (including phenoxy) is 1. The summed E-state index contributed by atoms with van der Waals surface area (Å²) in [7, 11) is 1.99. The Bertz CT molecular complexity index is 448. The number of nitrogens with zero attached hydrogens (tertiary/aromatic N) is 2. The van der Waals surface area contributed by atoms with Crippen LogP contribution >= 0.6 is 11.8 Å². The fraction of sp³-hybridized carbons (Fsp3) is 0.800. The highest BCUT2D eigenvalue weighted by Gasteiger charge is 2.38. The molecule has 2 fully saturated rings. The van der Waals surface area contributed by atoms with E-state index in [1.54, 1.807) is 0 Å². The molecule has 0 bridgehead atoms. The molecular formula is C15H25N3OS. The Hall–Kier alpha value is -0.680. The molecule has 0 amide bonds. The number of thioether (sulfide) groups is 1. The van der Waals surface area contributed by atoms with Crippen LogP contribution in [0.5, 0.6) is 0 Å². The molecule has 20 heavy (non-hydrogen) atoms. The van der Waals surface area contributed by atoms with Crippen molar-refractivity contribution in [3.05, 3.63) is 11.9 Å². The van der Waals surface area contributed by atoms with E-state index in [2.05, 4.69) is 35.3 Å². The Morgan fingerprint density at radius 1 is 1.50 bits per heavy atom.